The summed E-state index contributed by atoms with van der Waals surface area (Å²) in [6, 6.07) is 7.16. The highest BCUT2D eigenvalue weighted by Gasteiger charge is 1.98. The molecule has 0 saturated carbocycles. The molecule has 1 amide bonds. The summed E-state index contributed by atoms with van der Waals surface area (Å²) in [6.45, 7) is 0. The number of aliphatic carboxylic acids is 1. The van der Waals surface area contributed by atoms with E-state index in [1.54, 1.807) is 12.1 Å². The molecule has 0 unspecified atom stereocenters. The van der Waals surface area contributed by atoms with Crippen molar-refractivity contribution in [2.75, 3.05) is 24.3 Å². The number of amides is 1. The SMILES string of the molecule is CN(C)c1ccc(NC(=O)/C=C\C(=O)[O-])cc1. The first kappa shape index (κ1) is 12.8. The number of carboxylic acids is 1. The second-order valence-corrected chi connectivity index (χ2v) is 3.58. The van der Waals surface area contributed by atoms with Crippen LogP contribution in [0.5, 0.6) is 0 Å². The van der Waals surface area contributed by atoms with Gasteiger partial charge >= 0.3 is 0 Å². The van der Waals surface area contributed by atoms with E-state index in [1.165, 1.54) is 0 Å². The highest BCUT2D eigenvalue weighted by Crippen LogP contribution is 2.15. The Bertz CT molecular complexity index is 436. The highest BCUT2D eigenvalue weighted by molar-refractivity contribution is 6.02. The van der Waals surface area contributed by atoms with Gasteiger partial charge < -0.3 is 20.1 Å². The van der Waals surface area contributed by atoms with Crippen molar-refractivity contribution in [1.29, 1.82) is 0 Å². The van der Waals surface area contributed by atoms with E-state index in [1.807, 2.05) is 31.1 Å². The predicted octanol–water partition coefficient (Wildman–Crippen LogP) is -0.00280. The second-order valence-electron chi connectivity index (χ2n) is 3.58. The lowest BCUT2D eigenvalue weighted by molar-refractivity contribution is -0.297. The molecule has 0 fully saturated rings. The van der Waals surface area contributed by atoms with Crippen molar-refractivity contribution in [3.8, 4) is 0 Å². The molecule has 0 saturated heterocycles. The monoisotopic (exact) mass is 233 g/mol. The van der Waals surface area contributed by atoms with Gasteiger partial charge in [-0.05, 0) is 30.3 Å². The van der Waals surface area contributed by atoms with Gasteiger partial charge in [-0.15, -0.1) is 0 Å². The topological polar surface area (TPSA) is 72.5 Å². The van der Waals surface area contributed by atoms with Gasteiger partial charge in [-0.1, -0.05) is 0 Å². The largest absolute Gasteiger partial charge is 0.545 e. The van der Waals surface area contributed by atoms with Crippen LogP contribution in [-0.2, 0) is 9.59 Å². The van der Waals surface area contributed by atoms with Gasteiger partial charge in [0.05, 0.1) is 5.97 Å². The van der Waals surface area contributed by atoms with Crippen LogP contribution in [0.4, 0.5) is 11.4 Å². The van der Waals surface area contributed by atoms with E-state index in [4.69, 9.17) is 0 Å². The number of rotatable bonds is 4. The van der Waals surface area contributed by atoms with Crippen LogP contribution in [0, 0.1) is 0 Å². The smallest absolute Gasteiger partial charge is 0.248 e. The van der Waals surface area contributed by atoms with Gasteiger partial charge in [0.1, 0.15) is 0 Å². The van der Waals surface area contributed by atoms with Gasteiger partial charge in [-0.25, -0.2) is 0 Å². The molecule has 5 nitrogen and oxygen atoms in total. The van der Waals surface area contributed by atoms with E-state index in [0.29, 0.717) is 11.8 Å². The Hall–Kier alpha value is -2.30. The van der Waals surface area contributed by atoms with Gasteiger partial charge in [0.2, 0.25) is 5.91 Å². The summed E-state index contributed by atoms with van der Waals surface area (Å²) < 4.78 is 0. The number of carboxylic acid groups (broad SMARTS) is 1. The second kappa shape index (κ2) is 5.69. The Morgan fingerprint density at radius 1 is 1.18 bits per heavy atom. The van der Waals surface area contributed by atoms with Crippen LogP contribution < -0.4 is 15.3 Å². The molecular formula is C12H13N2O3-. The molecule has 90 valence electrons. The van der Waals surface area contributed by atoms with Gasteiger partial charge in [-0.2, -0.15) is 0 Å². The molecule has 1 aromatic carbocycles. The molecule has 0 aliphatic heterocycles. The van der Waals surface area contributed by atoms with Crippen LogP contribution in [0.15, 0.2) is 36.4 Å². The summed E-state index contributed by atoms with van der Waals surface area (Å²) in [5.74, 6) is -1.91. The van der Waals surface area contributed by atoms with Crippen LogP contribution in [0.3, 0.4) is 0 Å². The predicted molar refractivity (Wildman–Crippen MR) is 63.5 cm³/mol. The Balaban J connectivity index is 2.63. The molecular weight excluding hydrogens is 220 g/mol. The molecule has 0 aromatic heterocycles. The van der Waals surface area contributed by atoms with Crippen LogP contribution in [0.2, 0.25) is 0 Å². The van der Waals surface area contributed by atoms with E-state index in [0.717, 1.165) is 11.8 Å². The van der Waals surface area contributed by atoms with Crippen molar-refractivity contribution < 1.29 is 14.7 Å². The van der Waals surface area contributed by atoms with Gasteiger partial charge in [0, 0.05) is 31.5 Å². The molecule has 0 radical (unpaired) electrons. The summed E-state index contributed by atoms with van der Waals surface area (Å²) in [4.78, 5) is 23.3. The summed E-state index contributed by atoms with van der Waals surface area (Å²) >= 11 is 0. The molecule has 5 heteroatoms. The average Bonchev–Trinajstić information content (AvgIpc) is 2.27. The van der Waals surface area contributed by atoms with Crippen LogP contribution in [0.1, 0.15) is 0 Å². The zero-order valence-corrected chi connectivity index (χ0v) is 9.64. The lowest BCUT2D eigenvalue weighted by atomic mass is 10.2. The van der Waals surface area contributed by atoms with E-state index in [-0.39, 0.29) is 0 Å². The molecule has 1 aromatic rings. The third kappa shape index (κ3) is 4.38. The van der Waals surface area contributed by atoms with Crippen molar-refractivity contribution >= 4 is 23.3 Å². The Morgan fingerprint density at radius 3 is 2.24 bits per heavy atom. The van der Waals surface area contributed by atoms with Crippen LogP contribution >= 0.6 is 0 Å². The number of nitrogens with zero attached hydrogens (tertiary/aromatic N) is 1. The number of hydrogen-bond donors (Lipinski definition) is 1. The van der Waals surface area contributed by atoms with Gasteiger partial charge in [-0.3, -0.25) is 4.79 Å². The molecule has 1 rings (SSSR count). The number of benzene rings is 1. The molecule has 1 N–H and O–H groups in total. The quantitative estimate of drug-likeness (QED) is 0.743. The maximum absolute atomic E-state index is 11.2. The van der Waals surface area contributed by atoms with Crippen molar-refractivity contribution in [2.45, 2.75) is 0 Å². The van der Waals surface area contributed by atoms with Crippen molar-refractivity contribution in [2.24, 2.45) is 0 Å². The molecule has 0 heterocycles. The summed E-state index contributed by atoms with van der Waals surface area (Å²) in [6.07, 6.45) is 1.60. The lowest BCUT2D eigenvalue weighted by Crippen LogP contribution is -2.20. The Kier molecular flexibility index (Phi) is 4.28. The number of carbonyl (C=O) groups is 2. The minimum absolute atomic E-state index is 0.508. The normalized spacial score (nSPS) is 10.2. The number of anilines is 2. The third-order valence-corrected chi connectivity index (χ3v) is 2.02. The molecule has 0 atom stereocenters. The fourth-order valence-electron chi connectivity index (χ4n) is 1.17. The molecule has 0 aliphatic rings. The zero-order valence-electron chi connectivity index (χ0n) is 9.64. The van der Waals surface area contributed by atoms with E-state index in [9.17, 15) is 14.7 Å². The summed E-state index contributed by atoms with van der Waals surface area (Å²) in [5, 5.41) is 12.6. The first-order valence-corrected chi connectivity index (χ1v) is 4.96. The van der Waals surface area contributed by atoms with Crippen molar-refractivity contribution in [3.05, 3.63) is 36.4 Å². The average molecular weight is 233 g/mol. The maximum atomic E-state index is 11.2. The fourth-order valence-corrected chi connectivity index (χ4v) is 1.17. The highest BCUT2D eigenvalue weighted by atomic mass is 16.4. The summed E-state index contributed by atoms with van der Waals surface area (Å²) in [5.41, 5.74) is 1.61. The van der Waals surface area contributed by atoms with Crippen molar-refractivity contribution in [1.82, 2.24) is 0 Å². The van der Waals surface area contributed by atoms with Crippen molar-refractivity contribution in [3.63, 3.8) is 0 Å². The van der Waals surface area contributed by atoms with Crippen LogP contribution in [0.25, 0.3) is 0 Å². The summed E-state index contributed by atoms with van der Waals surface area (Å²) in [7, 11) is 3.83. The van der Waals surface area contributed by atoms with Gasteiger partial charge in [0.25, 0.3) is 0 Å². The van der Waals surface area contributed by atoms with Gasteiger partial charge in [0.15, 0.2) is 0 Å². The lowest BCUT2D eigenvalue weighted by Gasteiger charge is -2.12. The van der Waals surface area contributed by atoms with E-state index < -0.39 is 11.9 Å². The van der Waals surface area contributed by atoms with E-state index in [2.05, 4.69) is 5.32 Å². The number of hydrogen-bond acceptors (Lipinski definition) is 4. The Morgan fingerprint density at radius 2 is 1.76 bits per heavy atom. The number of nitrogens with one attached hydrogen (secondary N) is 1. The molecule has 0 bridgehead atoms. The standard InChI is InChI=1S/C12H14N2O3/c1-14(2)10-5-3-9(4-6-10)13-11(15)7-8-12(16)17/h3-8H,1-2H3,(H,13,15)(H,16,17)/p-1/b8-7-. The minimum atomic E-state index is -1.40. The first-order valence-electron chi connectivity index (χ1n) is 4.96. The van der Waals surface area contributed by atoms with Crippen LogP contribution in [-0.4, -0.2) is 26.0 Å². The minimum Gasteiger partial charge on any atom is -0.545 e. The maximum Gasteiger partial charge on any atom is 0.248 e. The molecule has 0 aliphatic carbocycles. The fraction of sp³-hybridized carbons (Fsp3) is 0.167. The molecule has 17 heavy (non-hydrogen) atoms. The zero-order chi connectivity index (χ0) is 12.8. The molecule has 0 spiro atoms. The Labute approximate surface area is 99.4 Å². The third-order valence-electron chi connectivity index (χ3n) is 2.02. The number of carbonyl (C=O) groups excluding carboxylic acids is 2. The van der Waals surface area contributed by atoms with E-state index >= 15 is 0 Å². The first-order chi connectivity index (χ1) is 7.99.